The Morgan fingerprint density at radius 1 is 1.18 bits per heavy atom. The second kappa shape index (κ2) is 7.76. The van der Waals surface area contributed by atoms with Gasteiger partial charge in [0.25, 0.3) is 5.56 Å². The third kappa shape index (κ3) is 3.80. The van der Waals surface area contributed by atoms with Crippen LogP contribution in [-0.4, -0.2) is 27.4 Å². The highest BCUT2D eigenvalue weighted by atomic mass is 35.5. The van der Waals surface area contributed by atoms with Crippen LogP contribution in [0.5, 0.6) is 0 Å². The molecule has 4 rings (SSSR count). The Bertz CT molecular complexity index is 1090. The largest absolute Gasteiger partial charge is 0.341 e. The molecule has 3 aromatic rings. The average Bonchev–Trinajstić information content (AvgIpc) is 3.53. The molecule has 1 amide bonds. The number of carbonyl (C=O) groups excluding carboxylic acids is 1. The topological polar surface area (TPSA) is 55.2 Å². The zero-order valence-corrected chi connectivity index (χ0v) is 16.5. The molecule has 0 spiro atoms. The maximum Gasteiger partial charge on any atom is 0.261 e. The quantitative estimate of drug-likeness (QED) is 0.634. The van der Waals surface area contributed by atoms with Crippen LogP contribution in [0.2, 0.25) is 5.02 Å². The molecule has 0 bridgehead atoms. The second-order valence-electron chi connectivity index (χ2n) is 7.29. The minimum atomic E-state index is -0.0000269. The maximum atomic E-state index is 12.9. The number of hydrogen-bond acceptors (Lipinski definition) is 3. The molecule has 1 heterocycles. The van der Waals surface area contributed by atoms with E-state index in [1.807, 2.05) is 48.5 Å². The molecule has 1 saturated carbocycles. The van der Waals surface area contributed by atoms with Crippen molar-refractivity contribution >= 4 is 28.4 Å². The molecule has 0 N–H and O–H groups in total. The standard InChI is InChI=1S/C22H22ClN3O2/c1-25(14-15-6-2-4-8-18(15)23)21(27)13-12-20-24-19-9-5-3-7-17(19)22(28)26(20)16-10-11-16/h2-9,16H,10-14H2,1H3. The molecule has 0 atom stereocenters. The number of fused-ring (bicyclic) bond motifs is 1. The van der Waals surface area contributed by atoms with Gasteiger partial charge in [0.15, 0.2) is 0 Å². The molecule has 5 nitrogen and oxygen atoms in total. The fourth-order valence-corrected chi connectivity index (χ4v) is 3.65. The Hall–Kier alpha value is -2.66. The summed E-state index contributed by atoms with van der Waals surface area (Å²) < 4.78 is 1.80. The van der Waals surface area contributed by atoms with Gasteiger partial charge in [-0.15, -0.1) is 0 Å². The first-order chi connectivity index (χ1) is 13.5. The molecular weight excluding hydrogens is 374 g/mol. The van der Waals surface area contributed by atoms with Gasteiger partial charge >= 0.3 is 0 Å². The van der Waals surface area contributed by atoms with Crippen LogP contribution in [0.15, 0.2) is 53.3 Å². The molecule has 6 heteroatoms. The fourth-order valence-electron chi connectivity index (χ4n) is 3.46. The summed E-state index contributed by atoms with van der Waals surface area (Å²) in [6, 6.07) is 15.1. The molecule has 1 aliphatic rings. The Balaban J connectivity index is 1.52. The van der Waals surface area contributed by atoms with Gasteiger partial charge in [-0.3, -0.25) is 14.2 Å². The lowest BCUT2D eigenvalue weighted by Crippen LogP contribution is -2.29. The monoisotopic (exact) mass is 395 g/mol. The lowest BCUT2D eigenvalue weighted by atomic mass is 10.2. The van der Waals surface area contributed by atoms with Gasteiger partial charge in [0.1, 0.15) is 5.82 Å². The fraction of sp³-hybridized carbons (Fsp3) is 0.318. The average molecular weight is 396 g/mol. The van der Waals surface area contributed by atoms with E-state index in [4.69, 9.17) is 16.6 Å². The van der Waals surface area contributed by atoms with Gasteiger partial charge in [0, 0.05) is 37.5 Å². The van der Waals surface area contributed by atoms with Crippen molar-refractivity contribution < 1.29 is 4.79 Å². The first kappa shape index (κ1) is 18.7. The molecule has 1 aromatic heterocycles. The smallest absolute Gasteiger partial charge is 0.261 e. The molecule has 2 aromatic carbocycles. The Morgan fingerprint density at radius 2 is 1.89 bits per heavy atom. The summed E-state index contributed by atoms with van der Waals surface area (Å²) in [5.41, 5.74) is 1.61. The summed E-state index contributed by atoms with van der Waals surface area (Å²) in [7, 11) is 1.77. The van der Waals surface area contributed by atoms with E-state index in [0.717, 1.165) is 18.4 Å². The van der Waals surface area contributed by atoms with Gasteiger partial charge in [-0.05, 0) is 36.6 Å². The van der Waals surface area contributed by atoms with E-state index in [1.165, 1.54) is 0 Å². The molecule has 1 aliphatic carbocycles. The van der Waals surface area contributed by atoms with Crippen LogP contribution >= 0.6 is 11.6 Å². The zero-order valence-electron chi connectivity index (χ0n) is 15.8. The van der Waals surface area contributed by atoms with E-state index in [2.05, 4.69) is 0 Å². The Kier molecular flexibility index (Phi) is 5.18. The van der Waals surface area contributed by atoms with E-state index < -0.39 is 0 Å². The number of halogens is 1. The van der Waals surface area contributed by atoms with Crippen molar-refractivity contribution in [3.05, 3.63) is 75.3 Å². The van der Waals surface area contributed by atoms with E-state index in [1.54, 1.807) is 16.5 Å². The first-order valence-corrected chi connectivity index (χ1v) is 9.90. The second-order valence-corrected chi connectivity index (χ2v) is 7.70. The maximum absolute atomic E-state index is 12.9. The van der Waals surface area contributed by atoms with Crippen LogP contribution in [0.4, 0.5) is 0 Å². The van der Waals surface area contributed by atoms with Crippen molar-refractivity contribution in [3.63, 3.8) is 0 Å². The SMILES string of the molecule is CN(Cc1ccccc1Cl)C(=O)CCc1nc2ccccc2c(=O)n1C1CC1. The number of aryl methyl sites for hydroxylation is 1. The van der Waals surface area contributed by atoms with Crippen molar-refractivity contribution in [2.45, 2.75) is 38.3 Å². The Labute approximate surface area is 168 Å². The lowest BCUT2D eigenvalue weighted by Gasteiger charge is -2.19. The number of amides is 1. The van der Waals surface area contributed by atoms with Crippen LogP contribution < -0.4 is 5.56 Å². The highest BCUT2D eigenvalue weighted by molar-refractivity contribution is 6.31. The lowest BCUT2D eigenvalue weighted by molar-refractivity contribution is -0.130. The number of aromatic nitrogens is 2. The van der Waals surface area contributed by atoms with E-state index >= 15 is 0 Å². The zero-order chi connectivity index (χ0) is 19.7. The summed E-state index contributed by atoms with van der Waals surface area (Å²) in [6.07, 6.45) is 2.74. The molecule has 0 unspecified atom stereocenters. The van der Waals surface area contributed by atoms with Gasteiger partial charge in [-0.1, -0.05) is 41.9 Å². The van der Waals surface area contributed by atoms with Gasteiger partial charge in [-0.2, -0.15) is 0 Å². The molecule has 28 heavy (non-hydrogen) atoms. The van der Waals surface area contributed by atoms with E-state index in [0.29, 0.717) is 41.1 Å². The van der Waals surface area contributed by atoms with Crippen LogP contribution in [0.1, 0.15) is 36.7 Å². The molecule has 0 radical (unpaired) electrons. The van der Waals surface area contributed by atoms with Gasteiger partial charge in [-0.25, -0.2) is 4.98 Å². The number of hydrogen-bond donors (Lipinski definition) is 0. The van der Waals surface area contributed by atoms with Crippen LogP contribution in [-0.2, 0) is 17.8 Å². The minimum absolute atomic E-state index is 0.0000269. The highest BCUT2D eigenvalue weighted by Crippen LogP contribution is 2.35. The normalized spacial score (nSPS) is 13.6. The third-order valence-corrected chi connectivity index (χ3v) is 5.52. The number of para-hydroxylation sites is 1. The number of benzene rings is 2. The van der Waals surface area contributed by atoms with Crippen LogP contribution in [0.3, 0.4) is 0 Å². The summed E-state index contributed by atoms with van der Waals surface area (Å²) in [5, 5.41) is 1.29. The summed E-state index contributed by atoms with van der Waals surface area (Å²) in [4.78, 5) is 31.9. The van der Waals surface area contributed by atoms with Crippen molar-refractivity contribution in [3.8, 4) is 0 Å². The minimum Gasteiger partial charge on any atom is -0.341 e. The van der Waals surface area contributed by atoms with Crippen molar-refractivity contribution in [1.82, 2.24) is 14.5 Å². The van der Waals surface area contributed by atoms with Crippen molar-refractivity contribution in [1.29, 1.82) is 0 Å². The van der Waals surface area contributed by atoms with Crippen LogP contribution in [0.25, 0.3) is 10.9 Å². The third-order valence-electron chi connectivity index (χ3n) is 5.15. The predicted molar refractivity (Wildman–Crippen MR) is 111 cm³/mol. The summed E-state index contributed by atoms with van der Waals surface area (Å²) in [6.45, 7) is 0.457. The van der Waals surface area contributed by atoms with Crippen molar-refractivity contribution in [2.75, 3.05) is 7.05 Å². The predicted octanol–water partition coefficient (Wildman–Crippen LogP) is 3.98. The first-order valence-electron chi connectivity index (χ1n) is 9.52. The molecule has 144 valence electrons. The van der Waals surface area contributed by atoms with E-state index in [9.17, 15) is 9.59 Å². The molecule has 0 saturated heterocycles. The summed E-state index contributed by atoms with van der Waals surface area (Å²) >= 11 is 6.20. The Morgan fingerprint density at radius 3 is 2.64 bits per heavy atom. The molecule has 0 aliphatic heterocycles. The van der Waals surface area contributed by atoms with Gasteiger partial charge in [0.05, 0.1) is 10.9 Å². The molecular formula is C22H22ClN3O2. The highest BCUT2D eigenvalue weighted by Gasteiger charge is 2.28. The summed E-state index contributed by atoms with van der Waals surface area (Å²) in [5.74, 6) is 0.704. The van der Waals surface area contributed by atoms with Gasteiger partial charge < -0.3 is 4.90 Å². The number of nitrogens with zero attached hydrogens (tertiary/aromatic N) is 3. The van der Waals surface area contributed by atoms with Gasteiger partial charge in [0.2, 0.25) is 5.91 Å². The number of rotatable bonds is 6. The van der Waals surface area contributed by atoms with E-state index in [-0.39, 0.29) is 17.5 Å². The van der Waals surface area contributed by atoms with Crippen LogP contribution in [0, 0.1) is 0 Å². The number of carbonyl (C=O) groups is 1. The van der Waals surface area contributed by atoms with Crippen molar-refractivity contribution in [2.24, 2.45) is 0 Å². The molecule has 1 fully saturated rings.